The van der Waals surface area contributed by atoms with Gasteiger partial charge in [0.15, 0.2) is 0 Å². The molecule has 4 aromatic carbocycles. The number of imide groups is 2. The number of rotatable bonds is 9. The van der Waals surface area contributed by atoms with Gasteiger partial charge >= 0.3 is 0 Å². The third-order valence-corrected chi connectivity index (χ3v) is 9.79. The molecule has 1 N–H and O–H groups in total. The normalized spacial score (nSPS) is 13.7. The maximum atomic E-state index is 13.4. The summed E-state index contributed by atoms with van der Waals surface area (Å²) in [4.78, 5) is 51.7. The van der Waals surface area contributed by atoms with Crippen LogP contribution >= 0.6 is 0 Å². The molecule has 7 nitrogen and oxygen atoms in total. The first kappa shape index (κ1) is 33.3. The van der Waals surface area contributed by atoms with Gasteiger partial charge in [-0.2, -0.15) is 0 Å². The van der Waals surface area contributed by atoms with Crippen LogP contribution in [0.5, 0.6) is 11.5 Å². The number of amides is 4. The molecule has 2 aliphatic heterocycles. The largest absolute Gasteiger partial charge is 0.457 e. The van der Waals surface area contributed by atoms with Crippen molar-refractivity contribution in [2.75, 3.05) is 4.90 Å². The third-order valence-electron chi connectivity index (χ3n) is 9.79. The Labute approximate surface area is 277 Å². The molecule has 0 unspecified atom stereocenters. The SMILES string of the molecule is CCC(C)(CC)c1ccc(Oc2ccc(N3C(=O)c4ccc(-c5ccc6c(c5)C(=O)NC6=O)cc4C3=O)cc2)cc1.CCC(C)CC. The molecule has 6 rings (SSSR count). The Hall–Kier alpha value is -5.04. The first-order valence-electron chi connectivity index (χ1n) is 16.4. The van der Waals surface area contributed by atoms with E-state index in [1.54, 1.807) is 60.7 Å². The average Bonchev–Trinajstić information content (AvgIpc) is 3.53. The van der Waals surface area contributed by atoms with Crippen LogP contribution in [-0.4, -0.2) is 23.6 Å². The highest BCUT2D eigenvalue weighted by atomic mass is 16.5. The van der Waals surface area contributed by atoms with E-state index in [1.807, 2.05) is 12.1 Å². The topological polar surface area (TPSA) is 92.8 Å². The minimum Gasteiger partial charge on any atom is -0.457 e. The number of nitrogens with one attached hydrogen (secondary N) is 1. The molecule has 0 saturated heterocycles. The van der Waals surface area contributed by atoms with E-state index in [9.17, 15) is 19.2 Å². The Morgan fingerprint density at radius 1 is 0.638 bits per heavy atom. The summed E-state index contributed by atoms with van der Waals surface area (Å²) in [7, 11) is 0. The number of fused-ring (bicyclic) bond motifs is 2. The van der Waals surface area contributed by atoms with Gasteiger partial charge in [-0.25, -0.2) is 4.90 Å². The Balaban J connectivity index is 0.000000662. The standard InChI is InChI=1S/C34H28N2O5.C6H14/c1-4-34(3,5-2)22-8-12-24(13-9-22)41-25-14-10-23(11-15-25)36-32(39)27-17-7-21(19-29(27)33(36)40)20-6-16-26-28(18-20)31(38)35-30(26)37;1-4-6(3)5-2/h6-19H,4-5H2,1-3H3,(H,35,37,38);6H,4-5H2,1-3H3. The lowest BCUT2D eigenvalue weighted by molar-refractivity contribution is 0.0874. The summed E-state index contributed by atoms with van der Waals surface area (Å²) in [5.74, 6) is 0.513. The van der Waals surface area contributed by atoms with Crippen molar-refractivity contribution in [1.82, 2.24) is 5.32 Å². The van der Waals surface area contributed by atoms with Crippen molar-refractivity contribution >= 4 is 29.3 Å². The minimum absolute atomic E-state index is 0.130. The van der Waals surface area contributed by atoms with Crippen molar-refractivity contribution in [2.24, 2.45) is 5.92 Å². The zero-order valence-corrected chi connectivity index (χ0v) is 28.0. The quantitative estimate of drug-likeness (QED) is 0.186. The predicted molar refractivity (Wildman–Crippen MR) is 185 cm³/mol. The molecule has 2 aliphatic rings. The Kier molecular flexibility index (Phi) is 9.75. The van der Waals surface area contributed by atoms with Crippen LogP contribution in [0.2, 0.25) is 0 Å². The van der Waals surface area contributed by atoms with Crippen LogP contribution in [0, 0.1) is 5.92 Å². The van der Waals surface area contributed by atoms with Crippen molar-refractivity contribution < 1.29 is 23.9 Å². The van der Waals surface area contributed by atoms with Crippen LogP contribution in [0.15, 0.2) is 84.9 Å². The number of hydrogen-bond donors (Lipinski definition) is 1. The molecule has 0 spiro atoms. The van der Waals surface area contributed by atoms with E-state index < -0.39 is 23.6 Å². The van der Waals surface area contributed by atoms with Crippen molar-refractivity contribution in [2.45, 2.75) is 72.6 Å². The van der Waals surface area contributed by atoms with Crippen LogP contribution in [0.4, 0.5) is 5.69 Å². The summed E-state index contributed by atoms with van der Waals surface area (Å²) in [5.41, 5.74) is 4.36. The first-order valence-corrected chi connectivity index (χ1v) is 16.4. The maximum absolute atomic E-state index is 13.4. The second-order valence-corrected chi connectivity index (χ2v) is 12.6. The molecule has 0 aliphatic carbocycles. The van der Waals surface area contributed by atoms with Gasteiger partial charge in [0.1, 0.15) is 11.5 Å². The second-order valence-electron chi connectivity index (χ2n) is 12.6. The number of ether oxygens (including phenoxy) is 1. The smallest absolute Gasteiger partial charge is 0.266 e. The van der Waals surface area contributed by atoms with Crippen LogP contribution in [0.3, 0.4) is 0 Å². The summed E-state index contributed by atoms with van der Waals surface area (Å²) in [6.45, 7) is 13.4. The predicted octanol–water partition coefficient (Wildman–Crippen LogP) is 9.35. The Morgan fingerprint density at radius 2 is 1.13 bits per heavy atom. The summed E-state index contributed by atoms with van der Waals surface area (Å²) < 4.78 is 6.02. The number of nitrogens with zero attached hydrogens (tertiary/aromatic N) is 1. The highest BCUT2D eigenvalue weighted by molar-refractivity contribution is 6.34. The molecule has 0 aromatic heterocycles. The van der Waals surface area contributed by atoms with Gasteiger partial charge in [-0.3, -0.25) is 24.5 Å². The van der Waals surface area contributed by atoms with E-state index in [1.165, 1.54) is 18.4 Å². The number of hydrogen-bond acceptors (Lipinski definition) is 5. The van der Waals surface area contributed by atoms with Gasteiger partial charge in [0.2, 0.25) is 0 Å². The number of benzene rings is 4. The van der Waals surface area contributed by atoms with Gasteiger partial charge in [0.25, 0.3) is 23.6 Å². The van der Waals surface area contributed by atoms with E-state index in [0.29, 0.717) is 39.4 Å². The summed E-state index contributed by atoms with van der Waals surface area (Å²) >= 11 is 0. The highest BCUT2D eigenvalue weighted by Gasteiger charge is 2.37. The fraction of sp³-hybridized carbons (Fsp3) is 0.300. The van der Waals surface area contributed by atoms with Crippen LogP contribution in [-0.2, 0) is 5.41 Å². The van der Waals surface area contributed by atoms with Crippen molar-refractivity contribution in [1.29, 1.82) is 0 Å². The summed E-state index contributed by atoms with van der Waals surface area (Å²) in [6.07, 6.45) is 4.77. The third kappa shape index (κ3) is 6.61. The van der Waals surface area contributed by atoms with E-state index >= 15 is 0 Å². The molecule has 0 saturated carbocycles. The maximum Gasteiger partial charge on any atom is 0.266 e. The van der Waals surface area contributed by atoms with E-state index in [0.717, 1.165) is 23.7 Å². The molecule has 47 heavy (non-hydrogen) atoms. The molecule has 7 heteroatoms. The van der Waals surface area contributed by atoms with E-state index in [4.69, 9.17) is 4.74 Å². The van der Waals surface area contributed by atoms with Crippen LogP contribution < -0.4 is 15.0 Å². The number of anilines is 1. The molecule has 4 aromatic rings. The molecule has 2 heterocycles. The number of carbonyl (C=O) groups is 4. The molecule has 0 bridgehead atoms. The lowest BCUT2D eigenvalue weighted by Gasteiger charge is -2.27. The Bertz CT molecular complexity index is 1820. The summed E-state index contributed by atoms with van der Waals surface area (Å²) in [5, 5.41) is 2.28. The molecule has 4 amide bonds. The van der Waals surface area contributed by atoms with Crippen LogP contribution in [0.1, 0.15) is 114 Å². The minimum atomic E-state index is -0.453. The molecule has 0 atom stereocenters. The number of carbonyl (C=O) groups excluding carboxylic acids is 4. The fourth-order valence-electron chi connectivity index (χ4n) is 5.67. The van der Waals surface area contributed by atoms with Gasteiger partial charge in [0, 0.05) is 0 Å². The van der Waals surface area contributed by atoms with Crippen molar-refractivity contribution in [3.63, 3.8) is 0 Å². The molecule has 0 fully saturated rings. The van der Waals surface area contributed by atoms with Crippen LogP contribution in [0.25, 0.3) is 11.1 Å². The molecule has 242 valence electrons. The monoisotopic (exact) mass is 630 g/mol. The van der Waals surface area contributed by atoms with Gasteiger partial charge in [-0.05, 0) is 102 Å². The lowest BCUT2D eigenvalue weighted by atomic mass is 9.78. The second kappa shape index (κ2) is 13.8. The zero-order valence-electron chi connectivity index (χ0n) is 28.0. The zero-order chi connectivity index (χ0) is 33.9. The highest BCUT2D eigenvalue weighted by Crippen LogP contribution is 2.35. The Morgan fingerprint density at radius 3 is 1.66 bits per heavy atom. The van der Waals surface area contributed by atoms with Gasteiger partial charge in [-0.1, -0.05) is 78.6 Å². The first-order chi connectivity index (χ1) is 22.5. The van der Waals surface area contributed by atoms with E-state index in [2.05, 4.69) is 59.0 Å². The van der Waals surface area contributed by atoms with Gasteiger partial charge in [0.05, 0.1) is 27.9 Å². The van der Waals surface area contributed by atoms with E-state index in [-0.39, 0.29) is 16.5 Å². The fourth-order valence-corrected chi connectivity index (χ4v) is 5.67. The lowest BCUT2D eigenvalue weighted by Crippen LogP contribution is -2.29. The summed E-state index contributed by atoms with van der Waals surface area (Å²) in [6, 6.07) is 24.9. The van der Waals surface area contributed by atoms with Crippen molar-refractivity contribution in [3.05, 3.63) is 113 Å². The molecular weight excluding hydrogens is 588 g/mol. The molecular formula is C40H42N2O5. The van der Waals surface area contributed by atoms with Gasteiger partial charge < -0.3 is 4.74 Å². The average molecular weight is 631 g/mol. The van der Waals surface area contributed by atoms with Gasteiger partial charge in [-0.15, -0.1) is 0 Å². The van der Waals surface area contributed by atoms with Crippen molar-refractivity contribution in [3.8, 4) is 22.6 Å². The molecule has 0 radical (unpaired) electrons.